The van der Waals surface area contributed by atoms with Crippen molar-refractivity contribution in [2.45, 2.75) is 169 Å². The van der Waals surface area contributed by atoms with Crippen molar-refractivity contribution in [1.82, 2.24) is 0 Å². The van der Waals surface area contributed by atoms with Crippen molar-refractivity contribution in [3.05, 3.63) is 0 Å². The largest absolute Gasteiger partial charge is 0.487 e. The first-order valence-electron chi connectivity index (χ1n) is 14.9. The molecule has 0 aromatic carbocycles. The van der Waals surface area contributed by atoms with Crippen LogP contribution in [0.2, 0.25) is 0 Å². The van der Waals surface area contributed by atoms with Crippen LogP contribution in [0, 0.1) is 0 Å². The highest BCUT2D eigenvalue weighted by molar-refractivity contribution is 7.80. The number of rotatable bonds is 24. The summed E-state index contributed by atoms with van der Waals surface area (Å²) in [5.41, 5.74) is 0. The van der Waals surface area contributed by atoms with Gasteiger partial charge < -0.3 is 9.47 Å². The molecule has 4 heteroatoms. The Hall–Kier alpha value is -0.220. The molecule has 0 aromatic rings. The van der Waals surface area contributed by atoms with Gasteiger partial charge in [0.1, 0.15) is 0 Å². The summed E-state index contributed by atoms with van der Waals surface area (Å²) < 4.78 is 10.8. The highest BCUT2D eigenvalue weighted by Gasteiger charge is 1.96. The molecule has 0 amide bonds. The third kappa shape index (κ3) is 34.0. The highest BCUT2D eigenvalue weighted by Crippen LogP contribution is 2.11. The normalized spacial score (nSPS) is 10.5. The summed E-state index contributed by atoms with van der Waals surface area (Å²) in [7, 11) is 0. The highest BCUT2D eigenvalue weighted by atomic mass is 32.1. The summed E-state index contributed by atoms with van der Waals surface area (Å²) >= 11 is 10.0. The van der Waals surface area contributed by atoms with Crippen molar-refractivity contribution >= 4 is 34.5 Å². The van der Waals surface area contributed by atoms with Crippen LogP contribution in [0.5, 0.6) is 0 Å². The first-order chi connectivity index (χ1) is 16.6. The first kappa shape index (κ1) is 35.9. The lowest BCUT2D eigenvalue weighted by molar-refractivity contribution is 0.293. The standard InChI is InChI=1S/2C15H30OS/c2*1-3-5-6-7-8-9-10-11-12-13-14-16-15(17)4-2/h2*3-14H2,1-2H3. The number of hydrogen-bond acceptors (Lipinski definition) is 4. The lowest BCUT2D eigenvalue weighted by atomic mass is 10.1. The molecule has 0 N–H and O–H groups in total. The molecule has 0 unspecified atom stereocenters. The summed E-state index contributed by atoms with van der Waals surface area (Å²) in [4.78, 5) is 0. The zero-order chi connectivity index (χ0) is 25.5. The molecule has 34 heavy (non-hydrogen) atoms. The van der Waals surface area contributed by atoms with Gasteiger partial charge in [-0.25, -0.2) is 0 Å². The van der Waals surface area contributed by atoms with Crippen LogP contribution in [0.3, 0.4) is 0 Å². The van der Waals surface area contributed by atoms with Gasteiger partial charge in [0.15, 0.2) is 10.1 Å². The fourth-order valence-electron chi connectivity index (χ4n) is 3.76. The molecule has 0 heterocycles. The Labute approximate surface area is 225 Å². The minimum absolute atomic E-state index is 0.765. The molecule has 0 rings (SSSR count). The van der Waals surface area contributed by atoms with E-state index in [2.05, 4.69) is 13.8 Å². The Morgan fingerprint density at radius 3 is 0.853 bits per heavy atom. The Morgan fingerprint density at radius 1 is 0.382 bits per heavy atom. The molecule has 0 aromatic heterocycles. The van der Waals surface area contributed by atoms with Crippen LogP contribution < -0.4 is 0 Å². The summed E-state index contributed by atoms with van der Waals surface area (Å²) in [5.74, 6) is 0. The lowest BCUT2D eigenvalue weighted by Gasteiger charge is -2.05. The molecule has 2 nitrogen and oxygen atoms in total. The number of hydrogen-bond donors (Lipinski definition) is 0. The molecule has 0 atom stereocenters. The smallest absolute Gasteiger partial charge is 0.159 e. The molecule has 0 saturated heterocycles. The Balaban J connectivity index is 0. The van der Waals surface area contributed by atoms with Gasteiger partial charge in [-0.2, -0.15) is 0 Å². The Bertz CT molecular complexity index is 375. The number of thiocarbonyl (C=S) groups is 2. The third-order valence-corrected chi connectivity index (χ3v) is 6.91. The van der Waals surface area contributed by atoms with E-state index in [1.807, 2.05) is 13.8 Å². The molecule has 204 valence electrons. The van der Waals surface area contributed by atoms with E-state index in [0.29, 0.717) is 0 Å². The zero-order valence-electron chi connectivity index (χ0n) is 23.6. The van der Waals surface area contributed by atoms with Crippen LogP contribution >= 0.6 is 24.4 Å². The van der Waals surface area contributed by atoms with Crippen LogP contribution in [0.15, 0.2) is 0 Å². The molecule has 0 aliphatic rings. The van der Waals surface area contributed by atoms with Crippen molar-refractivity contribution in [2.24, 2.45) is 0 Å². The van der Waals surface area contributed by atoms with E-state index in [-0.39, 0.29) is 0 Å². The van der Waals surface area contributed by atoms with Crippen molar-refractivity contribution in [2.75, 3.05) is 13.2 Å². The van der Waals surface area contributed by atoms with Crippen molar-refractivity contribution in [3.8, 4) is 0 Å². The van der Waals surface area contributed by atoms with Gasteiger partial charge >= 0.3 is 0 Å². The van der Waals surface area contributed by atoms with Gasteiger partial charge in [0, 0.05) is 12.8 Å². The quantitative estimate of drug-likeness (QED) is 0.0937. The van der Waals surface area contributed by atoms with E-state index in [1.165, 1.54) is 116 Å². The summed E-state index contributed by atoms with van der Waals surface area (Å²) in [6.07, 6.45) is 29.1. The topological polar surface area (TPSA) is 18.5 Å². The monoisotopic (exact) mass is 516 g/mol. The molecule has 0 saturated carbocycles. The summed E-state index contributed by atoms with van der Waals surface area (Å²) in [6.45, 7) is 10.3. The van der Waals surface area contributed by atoms with Gasteiger partial charge in [-0.05, 0) is 37.3 Å². The van der Waals surface area contributed by atoms with Crippen molar-refractivity contribution in [1.29, 1.82) is 0 Å². The van der Waals surface area contributed by atoms with Gasteiger partial charge in [0.25, 0.3) is 0 Å². The lowest BCUT2D eigenvalue weighted by Crippen LogP contribution is -2.01. The van der Waals surface area contributed by atoms with Crippen LogP contribution in [0.25, 0.3) is 0 Å². The van der Waals surface area contributed by atoms with Crippen LogP contribution in [0.1, 0.15) is 169 Å². The average Bonchev–Trinajstić information content (AvgIpc) is 2.85. The fraction of sp³-hybridized carbons (Fsp3) is 0.933. The van der Waals surface area contributed by atoms with E-state index in [0.717, 1.165) is 49.0 Å². The molecule has 0 aliphatic heterocycles. The van der Waals surface area contributed by atoms with Crippen LogP contribution in [-0.4, -0.2) is 23.3 Å². The van der Waals surface area contributed by atoms with Crippen molar-refractivity contribution in [3.63, 3.8) is 0 Å². The second-order valence-corrected chi connectivity index (χ2v) is 10.4. The van der Waals surface area contributed by atoms with Crippen LogP contribution in [-0.2, 0) is 9.47 Å². The molecular formula is C30H60O2S2. The second-order valence-electron chi connectivity index (χ2n) is 9.51. The molecule has 0 fully saturated rings. The Morgan fingerprint density at radius 2 is 0.618 bits per heavy atom. The maximum Gasteiger partial charge on any atom is 0.159 e. The summed E-state index contributed by atoms with van der Waals surface area (Å²) in [6, 6.07) is 0. The van der Waals surface area contributed by atoms with Gasteiger partial charge in [0.2, 0.25) is 0 Å². The predicted molar refractivity (Wildman–Crippen MR) is 161 cm³/mol. The Kier molecular flexibility index (Phi) is 34.6. The van der Waals surface area contributed by atoms with E-state index in [1.54, 1.807) is 0 Å². The molecule has 0 aliphatic carbocycles. The van der Waals surface area contributed by atoms with E-state index in [9.17, 15) is 0 Å². The van der Waals surface area contributed by atoms with E-state index in [4.69, 9.17) is 33.9 Å². The fourth-order valence-corrected chi connectivity index (χ4v) is 3.92. The number of unbranched alkanes of at least 4 members (excludes halogenated alkanes) is 18. The summed E-state index contributed by atoms with van der Waals surface area (Å²) in [5, 5.41) is 1.53. The average molecular weight is 517 g/mol. The van der Waals surface area contributed by atoms with Gasteiger partial charge in [-0.15, -0.1) is 0 Å². The SMILES string of the molecule is CCCCCCCCCCCCOC(=S)CC.CCCCCCCCCCCCOC(=S)CC. The maximum absolute atomic E-state index is 5.39. The van der Waals surface area contributed by atoms with Crippen LogP contribution in [0.4, 0.5) is 0 Å². The van der Waals surface area contributed by atoms with Gasteiger partial charge in [0.05, 0.1) is 13.2 Å². The molecule has 0 bridgehead atoms. The first-order valence-corrected chi connectivity index (χ1v) is 15.7. The molecular weight excluding hydrogens is 456 g/mol. The molecule has 0 radical (unpaired) electrons. The van der Waals surface area contributed by atoms with Gasteiger partial charge in [-0.1, -0.05) is 143 Å². The molecule has 0 spiro atoms. The van der Waals surface area contributed by atoms with E-state index < -0.39 is 0 Å². The predicted octanol–water partition coefficient (Wildman–Crippen LogP) is 11.3. The zero-order valence-corrected chi connectivity index (χ0v) is 25.2. The maximum atomic E-state index is 5.39. The number of ether oxygens (including phenoxy) is 2. The van der Waals surface area contributed by atoms with Crippen molar-refractivity contribution < 1.29 is 9.47 Å². The minimum atomic E-state index is 0.765. The third-order valence-electron chi connectivity index (χ3n) is 6.10. The second kappa shape index (κ2) is 32.8. The van der Waals surface area contributed by atoms with Gasteiger partial charge in [-0.3, -0.25) is 0 Å². The minimum Gasteiger partial charge on any atom is -0.487 e. The van der Waals surface area contributed by atoms with E-state index >= 15 is 0 Å².